The monoisotopic (exact) mass is 231 g/mol. The molecule has 1 amide bonds. The van der Waals surface area contributed by atoms with Gasteiger partial charge in [-0.25, -0.2) is 4.39 Å². The second-order valence-corrected chi connectivity index (χ2v) is 3.36. The quantitative estimate of drug-likeness (QED) is 0.824. The van der Waals surface area contributed by atoms with Gasteiger partial charge in [0, 0.05) is 11.6 Å². The van der Waals surface area contributed by atoms with Crippen LogP contribution < -0.4 is 10.3 Å². The summed E-state index contributed by atoms with van der Waals surface area (Å²) in [5.41, 5.74) is 2.71. The summed E-state index contributed by atoms with van der Waals surface area (Å²) in [6.45, 7) is 0. The van der Waals surface area contributed by atoms with Crippen molar-refractivity contribution in [3.05, 3.63) is 66.0 Å². The molecule has 4 heteroatoms. The van der Waals surface area contributed by atoms with E-state index in [0.29, 0.717) is 5.56 Å². The average molecular weight is 231 g/mol. The minimum absolute atomic E-state index is 0.245. The van der Waals surface area contributed by atoms with Gasteiger partial charge in [0.15, 0.2) is 5.75 Å². The zero-order valence-corrected chi connectivity index (χ0v) is 8.89. The van der Waals surface area contributed by atoms with Crippen LogP contribution in [0.4, 0.5) is 4.39 Å². The molecule has 2 aromatic rings. The van der Waals surface area contributed by atoms with E-state index in [1.165, 1.54) is 18.2 Å². The Morgan fingerprint density at radius 1 is 1.06 bits per heavy atom. The Balaban J connectivity index is 1.97. The summed E-state index contributed by atoms with van der Waals surface area (Å²) in [4.78, 5) is 16.5. The molecule has 17 heavy (non-hydrogen) atoms. The number of hydrogen-bond donors (Lipinski definition) is 1. The van der Waals surface area contributed by atoms with E-state index in [4.69, 9.17) is 4.84 Å². The summed E-state index contributed by atoms with van der Waals surface area (Å²) in [5.74, 6) is -0.555. The Morgan fingerprint density at radius 3 is 2.53 bits per heavy atom. The van der Waals surface area contributed by atoms with Crippen molar-refractivity contribution in [3.63, 3.8) is 0 Å². The minimum Gasteiger partial charge on any atom is -0.379 e. The van der Waals surface area contributed by atoms with E-state index in [2.05, 4.69) is 5.48 Å². The van der Waals surface area contributed by atoms with E-state index in [1.54, 1.807) is 30.3 Å². The largest absolute Gasteiger partial charge is 0.379 e. The van der Waals surface area contributed by atoms with Gasteiger partial charge in [-0.15, -0.1) is 0 Å². The highest BCUT2D eigenvalue weighted by atomic mass is 19.1. The number of rotatable bonds is 3. The third-order valence-corrected chi connectivity index (χ3v) is 2.09. The second kappa shape index (κ2) is 5.12. The van der Waals surface area contributed by atoms with Crippen LogP contribution in [-0.2, 0) is 0 Å². The van der Waals surface area contributed by atoms with Crippen molar-refractivity contribution in [2.75, 3.05) is 0 Å². The van der Waals surface area contributed by atoms with Crippen molar-refractivity contribution in [2.24, 2.45) is 0 Å². The molecule has 86 valence electrons. The van der Waals surface area contributed by atoms with Gasteiger partial charge in [-0.3, -0.25) is 4.79 Å². The molecule has 0 spiro atoms. The van der Waals surface area contributed by atoms with Gasteiger partial charge in [0.25, 0.3) is 5.91 Å². The van der Waals surface area contributed by atoms with Crippen LogP contribution in [0.3, 0.4) is 0 Å². The summed E-state index contributed by atoms with van der Waals surface area (Å²) in [6.07, 6.45) is 0. The number of hydrogen-bond acceptors (Lipinski definition) is 2. The molecule has 0 fully saturated rings. The maximum Gasteiger partial charge on any atom is 0.283 e. The SMILES string of the molecule is O=C(NOc1cccc(F)c1)c1ccccc1. The van der Waals surface area contributed by atoms with Crippen LogP contribution in [0.5, 0.6) is 5.75 Å². The average Bonchev–Trinajstić information content (AvgIpc) is 2.37. The molecule has 0 aromatic heterocycles. The van der Waals surface area contributed by atoms with Gasteiger partial charge < -0.3 is 4.84 Å². The van der Waals surface area contributed by atoms with E-state index in [0.717, 1.165) is 0 Å². The van der Waals surface area contributed by atoms with E-state index in [1.807, 2.05) is 6.07 Å². The zero-order chi connectivity index (χ0) is 12.1. The van der Waals surface area contributed by atoms with Crippen LogP contribution in [-0.4, -0.2) is 5.91 Å². The number of carbonyl (C=O) groups is 1. The van der Waals surface area contributed by atoms with E-state index < -0.39 is 5.82 Å². The fourth-order valence-corrected chi connectivity index (χ4v) is 1.28. The van der Waals surface area contributed by atoms with Crippen LogP contribution in [0, 0.1) is 5.82 Å². The smallest absolute Gasteiger partial charge is 0.283 e. The third-order valence-electron chi connectivity index (χ3n) is 2.09. The highest BCUT2D eigenvalue weighted by Gasteiger charge is 2.04. The normalized spacial score (nSPS) is 9.71. The van der Waals surface area contributed by atoms with Gasteiger partial charge in [-0.2, -0.15) is 5.48 Å². The molecular weight excluding hydrogens is 221 g/mol. The molecule has 0 radical (unpaired) electrons. The standard InChI is InChI=1S/C13H10FNO2/c14-11-7-4-8-12(9-11)17-15-13(16)10-5-2-1-3-6-10/h1-9H,(H,15,16). The summed E-state index contributed by atoms with van der Waals surface area (Å²) >= 11 is 0. The Kier molecular flexibility index (Phi) is 3.35. The van der Waals surface area contributed by atoms with Crippen LogP contribution >= 0.6 is 0 Å². The predicted octanol–water partition coefficient (Wildman–Crippen LogP) is 2.55. The van der Waals surface area contributed by atoms with Gasteiger partial charge in [0.2, 0.25) is 0 Å². The maximum absolute atomic E-state index is 12.8. The molecule has 0 aliphatic rings. The lowest BCUT2D eigenvalue weighted by molar-refractivity contribution is 0.0759. The Morgan fingerprint density at radius 2 is 1.82 bits per heavy atom. The first-order valence-electron chi connectivity index (χ1n) is 5.03. The number of benzene rings is 2. The van der Waals surface area contributed by atoms with Crippen molar-refractivity contribution < 1.29 is 14.0 Å². The molecule has 3 nitrogen and oxygen atoms in total. The molecule has 0 saturated heterocycles. The minimum atomic E-state index is -0.420. The third kappa shape index (κ3) is 3.04. The van der Waals surface area contributed by atoms with Gasteiger partial charge in [-0.1, -0.05) is 24.3 Å². The van der Waals surface area contributed by atoms with E-state index >= 15 is 0 Å². The molecule has 0 bridgehead atoms. The first kappa shape index (κ1) is 11.1. The Bertz CT molecular complexity index is 514. The summed E-state index contributed by atoms with van der Waals surface area (Å²) in [5, 5.41) is 0. The number of amides is 1. The van der Waals surface area contributed by atoms with Crippen molar-refractivity contribution in [3.8, 4) is 5.75 Å². The highest BCUT2D eigenvalue weighted by Crippen LogP contribution is 2.10. The van der Waals surface area contributed by atoms with Crippen LogP contribution in [0.2, 0.25) is 0 Å². The predicted molar refractivity (Wildman–Crippen MR) is 60.9 cm³/mol. The second-order valence-electron chi connectivity index (χ2n) is 3.36. The van der Waals surface area contributed by atoms with E-state index in [-0.39, 0.29) is 11.7 Å². The van der Waals surface area contributed by atoms with Crippen molar-refractivity contribution >= 4 is 5.91 Å². The first-order chi connectivity index (χ1) is 8.25. The Hall–Kier alpha value is -2.36. The molecule has 0 heterocycles. The molecule has 0 atom stereocenters. The highest BCUT2D eigenvalue weighted by molar-refractivity contribution is 5.93. The van der Waals surface area contributed by atoms with Gasteiger partial charge in [0.1, 0.15) is 5.82 Å². The first-order valence-corrected chi connectivity index (χ1v) is 5.03. The van der Waals surface area contributed by atoms with Crippen LogP contribution in [0.1, 0.15) is 10.4 Å². The molecule has 0 saturated carbocycles. The van der Waals surface area contributed by atoms with Crippen molar-refractivity contribution in [1.82, 2.24) is 5.48 Å². The van der Waals surface area contributed by atoms with Crippen molar-refractivity contribution in [1.29, 1.82) is 0 Å². The van der Waals surface area contributed by atoms with E-state index in [9.17, 15) is 9.18 Å². The fraction of sp³-hybridized carbons (Fsp3) is 0. The summed E-state index contributed by atoms with van der Waals surface area (Å²) < 4.78 is 12.8. The summed E-state index contributed by atoms with van der Waals surface area (Å²) in [7, 11) is 0. The lowest BCUT2D eigenvalue weighted by atomic mass is 10.2. The lowest BCUT2D eigenvalue weighted by Crippen LogP contribution is -2.26. The molecule has 0 unspecified atom stereocenters. The number of nitrogens with one attached hydrogen (secondary N) is 1. The number of halogens is 1. The molecular formula is C13H10FNO2. The number of hydroxylamine groups is 1. The van der Waals surface area contributed by atoms with Gasteiger partial charge in [-0.05, 0) is 24.3 Å². The lowest BCUT2D eigenvalue weighted by Gasteiger charge is -2.06. The van der Waals surface area contributed by atoms with Crippen LogP contribution in [0.15, 0.2) is 54.6 Å². The number of carbonyl (C=O) groups excluding carboxylic acids is 1. The fourth-order valence-electron chi connectivity index (χ4n) is 1.28. The molecule has 0 aliphatic carbocycles. The molecule has 2 aromatic carbocycles. The Labute approximate surface area is 97.8 Å². The molecule has 0 aliphatic heterocycles. The maximum atomic E-state index is 12.8. The van der Waals surface area contributed by atoms with Gasteiger partial charge >= 0.3 is 0 Å². The summed E-state index contributed by atoms with van der Waals surface area (Å²) in [6, 6.07) is 14.2. The molecule has 1 N–H and O–H groups in total. The topological polar surface area (TPSA) is 38.3 Å². The van der Waals surface area contributed by atoms with Crippen LogP contribution in [0.25, 0.3) is 0 Å². The zero-order valence-electron chi connectivity index (χ0n) is 8.89. The van der Waals surface area contributed by atoms with Gasteiger partial charge in [0.05, 0.1) is 0 Å². The van der Waals surface area contributed by atoms with Crippen molar-refractivity contribution in [2.45, 2.75) is 0 Å². The molecule has 2 rings (SSSR count).